The molecule has 0 bridgehead atoms. The fourth-order valence-electron chi connectivity index (χ4n) is 4.55. The second-order valence-electron chi connectivity index (χ2n) is 8.64. The van der Waals surface area contributed by atoms with Crippen molar-refractivity contribution in [2.75, 3.05) is 45.9 Å². The van der Waals surface area contributed by atoms with Gasteiger partial charge in [0.2, 0.25) is 5.91 Å². The van der Waals surface area contributed by atoms with E-state index in [2.05, 4.69) is 26.8 Å². The Morgan fingerprint density at radius 3 is 2.62 bits per heavy atom. The van der Waals surface area contributed by atoms with Crippen LogP contribution in [0.2, 0.25) is 0 Å². The second kappa shape index (κ2) is 9.83. The van der Waals surface area contributed by atoms with Crippen molar-refractivity contribution in [3.63, 3.8) is 0 Å². The highest BCUT2D eigenvalue weighted by Gasteiger charge is 2.26. The first-order valence-corrected chi connectivity index (χ1v) is 11.5. The highest BCUT2D eigenvalue weighted by molar-refractivity contribution is 5.95. The van der Waals surface area contributed by atoms with Crippen LogP contribution in [0.1, 0.15) is 49.2 Å². The van der Waals surface area contributed by atoms with Gasteiger partial charge in [0.15, 0.2) is 5.65 Å². The van der Waals surface area contributed by atoms with E-state index in [9.17, 15) is 14.4 Å². The van der Waals surface area contributed by atoms with Crippen molar-refractivity contribution in [1.82, 2.24) is 29.3 Å². The highest BCUT2D eigenvalue weighted by Crippen LogP contribution is 2.17. The highest BCUT2D eigenvalue weighted by atomic mass is 16.5. The standard InChI is InChI=1S/C22H32N6O4/c1-3-32-22(31)18-13-23-28-19(29)12-17(24-21(18)28)14-25-8-10-26(11-9-25)15-20(30)27-7-5-4-6-16(27)2/h12-13,16,23H,3-11,14-15H2,1-2H3. The molecule has 1 atom stereocenters. The average molecular weight is 445 g/mol. The molecular weight excluding hydrogens is 412 g/mol. The van der Waals surface area contributed by atoms with Gasteiger partial charge in [0, 0.05) is 57.6 Å². The van der Waals surface area contributed by atoms with Crippen molar-refractivity contribution in [3.05, 3.63) is 33.9 Å². The van der Waals surface area contributed by atoms with Crippen LogP contribution in [0.15, 0.2) is 17.1 Å². The summed E-state index contributed by atoms with van der Waals surface area (Å²) in [5.74, 6) is -0.277. The third-order valence-corrected chi connectivity index (χ3v) is 6.38. The van der Waals surface area contributed by atoms with E-state index in [4.69, 9.17) is 4.74 Å². The monoisotopic (exact) mass is 444 g/mol. The summed E-state index contributed by atoms with van der Waals surface area (Å²) in [6.45, 7) is 9.17. The van der Waals surface area contributed by atoms with Gasteiger partial charge in [0.25, 0.3) is 5.56 Å². The van der Waals surface area contributed by atoms with Gasteiger partial charge >= 0.3 is 5.97 Å². The minimum atomic E-state index is -0.503. The summed E-state index contributed by atoms with van der Waals surface area (Å²) in [5.41, 5.74) is 0.888. The van der Waals surface area contributed by atoms with E-state index in [1.54, 1.807) is 6.92 Å². The van der Waals surface area contributed by atoms with Crippen molar-refractivity contribution in [2.45, 2.75) is 45.7 Å². The molecule has 1 amide bonds. The first-order chi connectivity index (χ1) is 15.5. The fraction of sp³-hybridized carbons (Fsp3) is 0.636. The van der Waals surface area contributed by atoms with Gasteiger partial charge in [-0.05, 0) is 33.1 Å². The summed E-state index contributed by atoms with van der Waals surface area (Å²) in [6, 6.07) is 1.83. The number of fused-ring (bicyclic) bond motifs is 1. The number of carbonyl (C=O) groups is 2. The third-order valence-electron chi connectivity index (χ3n) is 6.38. The van der Waals surface area contributed by atoms with Gasteiger partial charge in [-0.15, -0.1) is 0 Å². The van der Waals surface area contributed by atoms with Crippen LogP contribution >= 0.6 is 0 Å². The molecule has 4 heterocycles. The van der Waals surface area contributed by atoms with Crippen LogP contribution < -0.4 is 5.56 Å². The van der Waals surface area contributed by atoms with E-state index in [-0.39, 0.29) is 29.3 Å². The maximum atomic E-state index is 12.7. The summed E-state index contributed by atoms with van der Waals surface area (Å²) in [5, 5.41) is 2.77. The number of nitrogens with zero attached hydrogens (tertiary/aromatic N) is 5. The molecule has 174 valence electrons. The Bertz CT molecular complexity index is 1020. The number of ether oxygens (including phenoxy) is 1. The first kappa shape index (κ1) is 22.5. The Labute approximate surface area is 187 Å². The lowest BCUT2D eigenvalue weighted by atomic mass is 10.0. The van der Waals surface area contributed by atoms with E-state index in [0.29, 0.717) is 24.8 Å². The molecule has 0 spiro atoms. The van der Waals surface area contributed by atoms with Gasteiger partial charge in [0.05, 0.1) is 18.8 Å². The molecule has 2 aliphatic heterocycles. The zero-order chi connectivity index (χ0) is 22.7. The van der Waals surface area contributed by atoms with Crippen molar-refractivity contribution in [1.29, 1.82) is 0 Å². The molecule has 0 radical (unpaired) electrons. The molecule has 4 rings (SSSR count). The molecule has 0 aromatic carbocycles. The first-order valence-electron chi connectivity index (χ1n) is 11.5. The molecule has 0 aliphatic carbocycles. The number of likely N-dealkylation sites (tertiary alicyclic amines) is 1. The van der Waals surface area contributed by atoms with E-state index in [1.807, 2.05) is 4.90 Å². The Kier molecular flexibility index (Phi) is 6.90. The molecule has 0 saturated carbocycles. The number of nitrogens with one attached hydrogen (secondary N) is 1. The molecule has 32 heavy (non-hydrogen) atoms. The number of piperazine rings is 1. The SMILES string of the molecule is CCOC(=O)c1c[nH]n2c(=O)cc(CN3CCN(CC(=O)N4CCCCC4C)CC3)nc12. The molecular formula is C22H32N6O4. The largest absolute Gasteiger partial charge is 0.462 e. The number of piperidine rings is 1. The van der Waals surface area contributed by atoms with Crippen molar-refractivity contribution < 1.29 is 14.3 Å². The predicted octanol–water partition coefficient (Wildman–Crippen LogP) is 0.718. The molecule has 2 aliphatic rings. The lowest BCUT2D eigenvalue weighted by molar-refractivity contribution is -0.136. The number of amides is 1. The Morgan fingerprint density at radius 1 is 1.16 bits per heavy atom. The van der Waals surface area contributed by atoms with Crippen LogP contribution in [-0.4, -0.2) is 93.1 Å². The molecule has 10 heteroatoms. The normalized spacial score (nSPS) is 20.6. The van der Waals surface area contributed by atoms with Crippen LogP contribution in [0.3, 0.4) is 0 Å². The van der Waals surface area contributed by atoms with Gasteiger partial charge in [0.1, 0.15) is 5.56 Å². The zero-order valence-corrected chi connectivity index (χ0v) is 18.9. The Hall–Kier alpha value is -2.72. The maximum absolute atomic E-state index is 12.7. The lowest BCUT2D eigenvalue weighted by Crippen LogP contribution is -2.51. The van der Waals surface area contributed by atoms with E-state index in [0.717, 1.165) is 45.6 Å². The van der Waals surface area contributed by atoms with Crippen LogP contribution in [0.4, 0.5) is 0 Å². The van der Waals surface area contributed by atoms with Crippen LogP contribution in [0.25, 0.3) is 5.65 Å². The molecule has 2 aromatic rings. The summed E-state index contributed by atoms with van der Waals surface area (Å²) >= 11 is 0. The topological polar surface area (TPSA) is 103 Å². The number of hydrogen-bond donors (Lipinski definition) is 1. The van der Waals surface area contributed by atoms with Crippen LogP contribution in [0, 0.1) is 0 Å². The quantitative estimate of drug-likeness (QED) is 0.655. The van der Waals surface area contributed by atoms with Gasteiger partial charge < -0.3 is 9.64 Å². The van der Waals surface area contributed by atoms with Crippen molar-refractivity contribution in [2.24, 2.45) is 0 Å². The summed E-state index contributed by atoms with van der Waals surface area (Å²) in [4.78, 5) is 48.3. The van der Waals surface area contributed by atoms with E-state index < -0.39 is 5.97 Å². The number of H-pyrrole nitrogens is 1. The van der Waals surface area contributed by atoms with Crippen molar-refractivity contribution in [3.8, 4) is 0 Å². The molecule has 1 unspecified atom stereocenters. The smallest absolute Gasteiger partial charge is 0.343 e. The fourth-order valence-corrected chi connectivity index (χ4v) is 4.55. The van der Waals surface area contributed by atoms with Crippen LogP contribution in [-0.2, 0) is 16.1 Å². The zero-order valence-electron chi connectivity index (χ0n) is 18.9. The van der Waals surface area contributed by atoms with Gasteiger partial charge in [-0.25, -0.2) is 14.3 Å². The molecule has 1 N–H and O–H groups in total. The Morgan fingerprint density at radius 2 is 1.91 bits per heavy atom. The summed E-state index contributed by atoms with van der Waals surface area (Å²) in [6.07, 6.45) is 4.84. The minimum Gasteiger partial charge on any atom is -0.462 e. The number of hydrogen-bond acceptors (Lipinski definition) is 7. The minimum absolute atomic E-state index is 0.227. The van der Waals surface area contributed by atoms with E-state index >= 15 is 0 Å². The molecule has 10 nitrogen and oxygen atoms in total. The maximum Gasteiger partial charge on any atom is 0.343 e. The molecule has 2 fully saturated rings. The molecule has 2 aromatic heterocycles. The number of esters is 1. The van der Waals surface area contributed by atoms with Gasteiger partial charge in [-0.2, -0.15) is 0 Å². The summed E-state index contributed by atoms with van der Waals surface area (Å²) in [7, 11) is 0. The van der Waals surface area contributed by atoms with Crippen LogP contribution in [0.5, 0.6) is 0 Å². The number of carbonyl (C=O) groups excluding carboxylic acids is 2. The van der Waals surface area contributed by atoms with E-state index in [1.165, 1.54) is 23.2 Å². The van der Waals surface area contributed by atoms with Gasteiger partial charge in [-0.1, -0.05) is 0 Å². The number of aromatic nitrogens is 3. The summed E-state index contributed by atoms with van der Waals surface area (Å²) < 4.78 is 6.31. The lowest BCUT2D eigenvalue weighted by Gasteiger charge is -2.38. The molecule has 2 saturated heterocycles. The predicted molar refractivity (Wildman–Crippen MR) is 119 cm³/mol. The third kappa shape index (κ3) is 4.86. The number of aromatic amines is 1. The second-order valence-corrected chi connectivity index (χ2v) is 8.64. The Balaban J connectivity index is 1.35. The number of rotatable bonds is 6. The average Bonchev–Trinajstić information content (AvgIpc) is 3.20. The van der Waals surface area contributed by atoms with Crippen molar-refractivity contribution >= 4 is 17.5 Å². The van der Waals surface area contributed by atoms with Gasteiger partial charge in [-0.3, -0.25) is 24.5 Å².